The summed E-state index contributed by atoms with van der Waals surface area (Å²) in [5, 5.41) is 5.08. The molecule has 0 radical (unpaired) electrons. The van der Waals surface area contributed by atoms with Gasteiger partial charge in [-0.15, -0.1) is 11.3 Å². The number of amides is 2. The molecule has 30 heavy (non-hydrogen) atoms. The Kier molecular flexibility index (Phi) is 5.95. The number of nitrogens with zero attached hydrogens (tertiary/aromatic N) is 1. The van der Waals surface area contributed by atoms with E-state index in [0.29, 0.717) is 30.8 Å². The highest BCUT2D eigenvalue weighted by Crippen LogP contribution is 2.33. The summed E-state index contributed by atoms with van der Waals surface area (Å²) in [5.74, 6) is 0.203. The Balaban J connectivity index is 1.59. The number of hydrogen-bond donors (Lipinski definition) is 1. The van der Waals surface area contributed by atoms with Gasteiger partial charge in [0.15, 0.2) is 0 Å². The van der Waals surface area contributed by atoms with E-state index in [9.17, 15) is 9.59 Å². The van der Waals surface area contributed by atoms with Crippen molar-refractivity contribution in [3.05, 3.63) is 88.2 Å². The normalized spacial score (nSPS) is 13.8. The molecule has 1 aliphatic rings. The Morgan fingerprint density at radius 1 is 0.933 bits per heavy atom. The fraction of sp³-hybridized carbons (Fsp3) is 0.167. The van der Waals surface area contributed by atoms with Crippen LogP contribution in [0, 0.1) is 0 Å². The van der Waals surface area contributed by atoms with E-state index in [2.05, 4.69) is 5.32 Å². The van der Waals surface area contributed by atoms with Crippen molar-refractivity contribution in [3.63, 3.8) is 0 Å². The standard InChI is InChI=1S/C24H22N2O3S/c1-2-29-19-12-10-18(11-13-19)25-22-21(20-9-6-16-30-20)23(27)26(24(22)28)15-14-17-7-4-3-5-8-17/h3-13,16,25H,2,14-15H2,1H3. The van der Waals surface area contributed by atoms with Crippen LogP contribution in [0.5, 0.6) is 5.75 Å². The van der Waals surface area contributed by atoms with Crippen molar-refractivity contribution in [3.8, 4) is 5.75 Å². The Hall–Kier alpha value is -3.38. The van der Waals surface area contributed by atoms with E-state index in [1.54, 1.807) is 0 Å². The highest BCUT2D eigenvalue weighted by Gasteiger charge is 2.39. The third kappa shape index (κ3) is 4.14. The molecule has 0 atom stereocenters. The van der Waals surface area contributed by atoms with Crippen molar-refractivity contribution in [2.24, 2.45) is 0 Å². The zero-order valence-electron chi connectivity index (χ0n) is 16.6. The molecule has 2 amide bonds. The molecule has 6 heteroatoms. The number of hydrogen-bond acceptors (Lipinski definition) is 5. The van der Waals surface area contributed by atoms with Gasteiger partial charge in [0.05, 0.1) is 12.2 Å². The van der Waals surface area contributed by atoms with Crippen LogP contribution in [0.3, 0.4) is 0 Å². The van der Waals surface area contributed by atoms with Crippen LogP contribution in [0.25, 0.3) is 5.57 Å². The van der Waals surface area contributed by atoms with Crippen LogP contribution in [0.1, 0.15) is 17.4 Å². The average molecular weight is 419 g/mol. The number of imide groups is 1. The number of carbonyl (C=O) groups is 2. The number of carbonyl (C=O) groups excluding carboxylic acids is 2. The lowest BCUT2D eigenvalue weighted by atomic mass is 10.1. The first kappa shape index (κ1) is 19.9. The summed E-state index contributed by atoms with van der Waals surface area (Å²) in [7, 11) is 0. The van der Waals surface area contributed by atoms with E-state index in [1.807, 2.05) is 79.0 Å². The molecule has 0 aliphatic carbocycles. The van der Waals surface area contributed by atoms with Gasteiger partial charge >= 0.3 is 0 Å². The molecule has 0 saturated heterocycles. The molecule has 1 aliphatic heterocycles. The quantitative estimate of drug-likeness (QED) is 0.544. The molecule has 1 N–H and O–H groups in total. The molecule has 5 nitrogen and oxygen atoms in total. The second-order valence-corrected chi connectivity index (χ2v) is 7.75. The van der Waals surface area contributed by atoms with E-state index in [4.69, 9.17) is 4.74 Å². The highest BCUT2D eigenvalue weighted by molar-refractivity contribution is 7.11. The Labute approximate surface area is 179 Å². The second kappa shape index (κ2) is 8.97. The minimum Gasteiger partial charge on any atom is -0.494 e. The van der Waals surface area contributed by atoms with Crippen LogP contribution in [0.2, 0.25) is 0 Å². The fourth-order valence-electron chi connectivity index (χ4n) is 3.38. The van der Waals surface area contributed by atoms with Crippen LogP contribution in [0.4, 0.5) is 5.69 Å². The summed E-state index contributed by atoms with van der Waals surface area (Å²) in [6.07, 6.45) is 0.617. The molecule has 152 valence electrons. The largest absolute Gasteiger partial charge is 0.494 e. The molecule has 0 unspecified atom stereocenters. The Morgan fingerprint density at radius 3 is 2.37 bits per heavy atom. The lowest BCUT2D eigenvalue weighted by Gasteiger charge is -2.15. The van der Waals surface area contributed by atoms with Gasteiger partial charge in [-0.1, -0.05) is 36.4 Å². The topological polar surface area (TPSA) is 58.6 Å². The number of nitrogens with one attached hydrogen (secondary N) is 1. The van der Waals surface area contributed by atoms with E-state index in [0.717, 1.165) is 21.9 Å². The van der Waals surface area contributed by atoms with Crippen molar-refractivity contribution >= 4 is 34.4 Å². The fourth-order valence-corrected chi connectivity index (χ4v) is 4.14. The molecule has 0 spiro atoms. The lowest BCUT2D eigenvalue weighted by Crippen LogP contribution is -2.34. The van der Waals surface area contributed by atoms with Crippen molar-refractivity contribution in [1.82, 2.24) is 4.90 Å². The molecule has 4 rings (SSSR count). The van der Waals surface area contributed by atoms with Crippen molar-refractivity contribution in [2.45, 2.75) is 13.3 Å². The maximum absolute atomic E-state index is 13.2. The summed E-state index contributed by atoms with van der Waals surface area (Å²) in [5.41, 5.74) is 2.56. The van der Waals surface area contributed by atoms with Gasteiger partial charge in [-0.3, -0.25) is 14.5 Å². The summed E-state index contributed by atoms with van der Waals surface area (Å²) >= 11 is 1.45. The van der Waals surface area contributed by atoms with E-state index >= 15 is 0 Å². The minimum atomic E-state index is -0.298. The zero-order chi connectivity index (χ0) is 20.9. The van der Waals surface area contributed by atoms with Crippen molar-refractivity contribution in [2.75, 3.05) is 18.5 Å². The Bertz CT molecular complexity index is 1060. The van der Waals surface area contributed by atoms with Crippen LogP contribution in [-0.4, -0.2) is 29.9 Å². The first-order chi connectivity index (χ1) is 14.7. The minimum absolute atomic E-state index is 0.258. The number of rotatable bonds is 8. The van der Waals surface area contributed by atoms with Crippen LogP contribution in [0.15, 0.2) is 77.8 Å². The summed E-state index contributed by atoms with van der Waals surface area (Å²) in [6.45, 7) is 2.85. The van der Waals surface area contributed by atoms with E-state index in [1.165, 1.54) is 16.2 Å². The first-order valence-corrected chi connectivity index (χ1v) is 10.7. The molecule has 0 bridgehead atoms. The predicted molar refractivity (Wildman–Crippen MR) is 119 cm³/mol. The van der Waals surface area contributed by atoms with Gasteiger partial charge < -0.3 is 10.1 Å². The molecule has 2 aromatic carbocycles. The van der Waals surface area contributed by atoms with E-state index in [-0.39, 0.29) is 11.8 Å². The second-order valence-electron chi connectivity index (χ2n) is 6.81. The summed E-state index contributed by atoms with van der Waals surface area (Å²) in [6, 6.07) is 21.0. The van der Waals surface area contributed by atoms with Gasteiger partial charge in [0.2, 0.25) is 0 Å². The van der Waals surface area contributed by atoms with Gasteiger partial charge in [-0.05, 0) is 54.6 Å². The van der Waals surface area contributed by atoms with Crippen LogP contribution in [-0.2, 0) is 16.0 Å². The molecule has 2 heterocycles. The first-order valence-electron chi connectivity index (χ1n) is 9.85. The van der Waals surface area contributed by atoms with E-state index < -0.39 is 0 Å². The molecule has 3 aromatic rings. The van der Waals surface area contributed by atoms with Crippen LogP contribution < -0.4 is 10.1 Å². The smallest absolute Gasteiger partial charge is 0.278 e. The molecule has 0 saturated carbocycles. The van der Waals surface area contributed by atoms with Crippen molar-refractivity contribution in [1.29, 1.82) is 0 Å². The third-order valence-corrected chi connectivity index (χ3v) is 5.72. The van der Waals surface area contributed by atoms with Crippen molar-refractivity contribution < 1.29 is 14.3 Å². The number of thiophene rings is 1. The zero-order valence-corrected chi connectivity index (χ0v) is 17.4. The van der Waals surface area contributed by atoms with Gasteiger partial charge in [0, 0.05) is 17.1 Å². The molecule has 0 fully saturated rings. The SMILES string of the molecule is CCOc1ccc(NC2=C(c3cccs3)C(=O)N(CCc3ccccc3)C2=O)cc1. The lowest BCUT2D eigenvalue weighted by molar-refractivity contribution is -0.136. The Morgan fingerprint density at radius 2 is 1.70 bits per heavy atom. The number of anilines is 1. The average Bonchev–Trinajstić information content (AvgIpc) is 3.36. The summed E-state index contributed by atoms with van der Waals surface area (Å²) < 4.78 is 5.47. The maximum atomic E-state index is 13.2. The number of benzene rings is 2. The monoisotopic (exact) mass is 418 g/mol. The highest BCUT2D eigenvalue weighted by atomic mass is 32.1. The van der Waals surface area contributed by atoms with Gasteiger partial charge in [-0.2, -0.15) is 0 Å². The van der Waals surface area contributed by atoms with Crippen LogP contribution >= 0.6 is 11.3 Å². The predicted octanol–water partition coefficient (Wildman–Crippen LogP) is 4.58. The number of ether oxygens (including phenoxy) is 1. The maximum Gasteiger partial charge on any atom is 0.278 e. The van der Waals surface area contributed by atoms with Gasteiger partial charge in [0.1, 0.15) is 11.4 Å². The van der Waals surface area contributed by atoms with Gasteiger partial charge in [0.25, 0.3) is 11.8 Å². The molecular formula is C24H22N2O3S. The molecular weight excluding hydrogens is 396 g/mol. The summed E-state index contributed by atoms with van der Waals surface area (Å²) in [4.78, 5) is 28.5. The molecule has 1 aromatic heterocycles. The van der Waals surface area contributed by atoms with Gasteiger partial charge in [-0.25, -0.2) is 0 Å². The third-order valence-electron chi connectivity index (χ3n) is 4.84.